The standard InChI is InChI=1S/C11H18N2O2/c1-2-9-15-10-11(14)12-5-8-13-6-3-4-7-13/h3-4,6-7H,2,5,8-10H2,1H3,(H,12,14). The zero-order chi connectivity index (χ0) is 10.9. The number of hydrogen-bond acceptors (Lipinski definition) is 2. The molecule has 0 saturated heterocycles. The van der Waals surface area contributed by atoms with Crippen molar-refractivity contribution in [3.8, 4) is 0 Å². The highest BCUT2D eigenvalue weighted by Crippen LogP contribution is 1.88. The molecule has 84 valence electrons. The van der Waals surface area contributed by atoms with Crippen molar-refractivity contribution in [3.05, 3.63) is 24.5 Å². The molecule has 0 aliphatic carbocycles. The zero-order valence-corrected chi connectivity index (χ0v) is 9.11. The molecule has 4 nitrogen and oxygen atoms in total. The second kappa shape index (κ2) is 7.06. The van der Waals surface area contributed by atoms with Crippen LogP contribution in [0, 0.1) is 0 Å². The first-order valence-corrected chi connectivity index (χ1v) is 5.28. The summed E-state index contributed by atoms with van der Waals surface area (Å²) in [4.78, 5) is 11.2. The molecule has 1 rings (SSSR count). The number of nitrogens with one attached hydrogen (secondary N) is 1. The third-order valence-electron chi connectivity index (χ3n) is 1.94. The maximum absolute atomic E-state index is 11.2. The van der Waals surface area contributed by atoms with E-state index in [9.17, 15) is 4.79 Å². The first kappa shape index (κ1) is 11.8. The number of amides is 1. The summed E-state index contributed by atoms with van der Waals surface area (Å²) in [6, 6.07) is 3.93. The number of ether oxygens (including phenoxy) is 1. The van der Waals surface area contributed by atoms with E-state index in [-0.39, 0.29) is 12.5 Å². The summed E-state index contributed by atoms with van der Waals surface area (Å²) in [7, 11) is 0. The molecule has 4 heteroatoms. The van der Waals surface area contributed by atoms with Crippen LogP contribution in [-0.2, 0) is 16.1 Å². The van der Waals surface area contributed by atoms with Crippen LogP contribution in [0.3, 0.4) is 0 Å². The molecule has 0 aliphatic rings. The van der Waals surface area contributed by atoms with Crippen LogP contribution in [0.5, 0.6) is 0 Å². The minimum Gasteiger partial charge on any atom is -0.372 e. The Hall–Kier alpha value is -1.29. The minimum absolute atomic E-state index is 0.0457. The molecule has 0 unspecified atom stereocenters. The van der Waals surface area contributed by atoms with Gasteiger partial charge < -0.3 is 14.6 Å². The van der Waals surface area contributed by atoms with Crippen molar-refractivity contribution in [1.82, 2.24) is 9.88 Å². The van der Waals surface area contributed by atoms with Gasteiger partial charge in [-0.05, 0) is 18.6 Å². The lowest BCUT2D eigenvalue weighted by Gasteiger charge is -2.06. The predicted molar refractivity (Wildman–Crippen MR) is 58.6 cm³/mol. The SMILES string of the molecule is CCCOCC(=O)NCCn1cccc1. The first-order chi connectivity index (χ1) is 7.33. The van der Waals surface area contributed by atoms with E-state index in [1.54, 1.807) is 0 Å². The molecule has 0 bridgehead atoms. The average molecular weight is 210 g/mol. The van der Waals surface area contributed by atoms with Crippen molar-refractivity contribution in [1.29, 1.82) is 0 Å². The van der Waals surface area contributed by atoms with Gasteiger partial charge in [0, 0.05) is 32.1 Å². The summed E-state index contributed by atoms with van der Waals surface area (Å²) in [5, 5.41) is 2.80. The van der Waals surface area contributed by atoms with Crippen LogP contribution in [0.2, 0.25) is 0 Å². The number of carbonyl (C=O) groups excluding carboxylic acids is 1. The van der Waals surface area contributed by atoms with E-state index >= 15 is 0 Å². The zero-order valence-electron chi connectivity index (χ0n) is 9.11. The molecule has 0 spiro atoms. The summed E-state index contributed by atoms with van der Waals surface area (Å²) >= 11 is 0. The highest BCUT2D eigenvalue weighted by molar-refractivity contribution is 5.77. The van der Waals surface area contributed by atoms with Crippen molar-refractivity contribution in [2.45, 2.75) is 19.9 Å². The van der Waals surface area contributed by atoms with Gasteiger partial charge in [0.15, 0.2) is 0 Å². The maximum atomic E-state index is 11.2. The number of hydrogen-bond donors (Lipinski definition) is 1. The van der Waals surface area contributed by atoms with Gasteiger partial charge in [0.05, 0.1) is 0 Å². The number of nitrogens with zero attached hydrogens (tertiary/aromatic N) is 1. The van der Waals surface area contributed by atoms with Crippen molar-refractivity contribution in [2.24, 2.45) is 0 Å². The van der Waals surface area contributed by atoms with Crippen LogP contribution in [0.25, 0.3) is 0 Å². The summed E-state index contributed by atoms with van der Waals surface area (Å²) in [6.45, 7) is 4.27. The van der Waals surface area contributed by atoms with Crippen LogP contribution in [-0.4, -0.2) is 30.2 Å². The van der Waals surface area contributed by atoms with Gasteiger partial charge in [-0.25, -0.2) is 0 Å². The van der Waals surface area contributed by atoms with Crippen LogP contribution >= 0.6 is 0 Å². The molecule has 1 amide bonds. The molecule has 0 saturated carbocycles. The normalized spacial score (nSPS) is 10.2. The molecular weight excluding hydrogens is 192 g/mol. The molecule has 0 aliphatic heterocycles. The van der Waals surface area contributed by atoms with E-state index < -0.39 is 0 Å². The molecular formula is C11H18N2O2. The topological polar surface area (TPSA) is 43.3 Å². The molecule has 0 fully saturated rings. The molecule has 1 N–H and O–H groups in total. The lowest BCUT2D eigenvalue weighted by atomic mass is 10.5. The van der Waals surface area contributed by atoms with E-state index in [1.807, 2.05) is 36.0 Å². The van der Waals surface area contributed by atoms with E-state index in [0.29, 0.717) is 13.2 Å². The number of rotatable bonds is 7. The van der Waals surface area contributed by atoms with Crippen LogP contribution in [0.1, 0.15) is 13.3 Å². The molecule has 0 radical (unpaired) electrons. The maximum Gasteiger partial charge on any atom is 0.246 e. The van der Waals surface area contributed by atoms with Crippen LogP contribution < -0.4 is 5.32 Å². The molecule has 1 aromatic rings. The molecule has 15 heavy (non-hydrogen) atoms. The first-order valence-electron chi connectivity index (χ1n) is 5.28. The van der Waals surface area contributed by atoms with Crippen LogP contribution in [0.15, 0.2) is 24.5 Å². The summed E-state index contributed by atoms with van der Waals surface area (Å²) in [6.07, 6.45) is 4.89. The number of carbonyl (C=O) groups is 1. The average Bonchev–Trinajstić information content (AvgIpc) is 2.71. The van der Waals surface area contributed by atoms with Crippen molar-refractivity contribution < 1.29 is 9.53 Å². The second-order valence-corrected chi connectivity index (χ2v) is 3.32. The van der Waals surface area contributed by atoms with E-state index in [1.165, 1.54) is 0 Å². The molecule has 0 atom stereocenters. The lowest BCUT2D eigenvalue weighted by Crippen LogP contribution is -2.30. The van der Waals surface area contributed by atoms with Gasteiger partial charge in [-0.3, -0.25) is 4.79 Å². The summed E-state index contributed by atoms with van der Waals surface area (Å²) < 4.78 is 7.13. The van der Waals surface area contributed by atoms with E-state index in [4.69, 9.17) is 4.74 Å². The fraction of sp³-hybridized carbons (Fsp3) is 0.545. The Kier molecular flexibility index (Phi) is 5.55. The van der Waals surface area contributed by atoms with E-state index in [0.717, 1.165) is 13.0 Å². The van der Waals surface area contributed by atoms with Gasteiger partial charge in [0.25, 0.3) is 0 Å². The second-order valence-electron chi connectivity index (χ2n) is 3.32. The van der Waals surface area contributed by atoms with Crippen LogP contribution in [0.4, 0.5) is 0 Å². The third-order valence-corrected chi connectivity index (χ3v) is 1.94. The molecule has 1 aromatic heterocycles. The highest BCUT2D eigenvalue weighted by Gasteiger charge is 1.99. The van der Waals surface area contributed by atoms with Gasteiger partial charge in [0.1, 0.15) is 6.61 Å². The molecule has 0 aromatic carbocycles. The Labute approximate surface area is 90.2 Å². The van der Waals surface area contributed by atoms with Gasteiger partial charge in [-0.2, -0.15) is 0 Å². The summed E-state index contributed by atoms with van der Waals surface area (Å²) in [5.74, 6) is -0.0457. The van der Waals surface area contributed by atoms with Gasteiger partial charge in [-0.1, -0.05) is 6.92 Å². The minimum atomic E-state index is -0.0457. The van der Waals surface area contributed by atoms with Gasteiger partial charge in [-0.15, -0.1) is 0 Å². The largest absolute Gasteiger partial charge is 0.372 e. The predicted octanol–water partition coefficient (Wildman–Crippen LogP) is 1.03. The van der Waals surface area contributed by atoms with Crippen molar-refractivity contribution in [2.75, 3.05) is 19.8 Å². The third kappa shape index (κ3) is 5.22. The van der Waals surface area contributed by atoms with Gasteiger partial charge in [0.2, 0.25) is 5.91 Å². The van der Waals surface area contributed by atoms with Crippen molar-refractivity contribution >= 4 is 5.91 Å². The van der Waals surface area contributed by atoms with Crippen molar-refractivity contribution in [3.63, 3.8) is 0 Å². The Morgan fingerprint density at radius 2 is 2.13 bits per heavy atom. The quantitative estimate of drug-likeness (QED) is 0.683. The fourth-order valence-corrected chi connectivity index (χ4v) is 1.20. The fourth-order valence-electron chi connectivity index (χ4n) is 1.20. The molecule has 1 heterocycles. The number of aromatic nitrogens is 1. The van der Waals surface area contributed by atoms with Gasteiger partial charge >= 0.3 is 0 Å². The Morgan fingerprint density at radius 1 is 1.40 bits per heavy atom. The Balaban J connectivity index is 2.02. The summed E-state index contributed by atoms with van der Waals surface area (Å²) in [5.41, 5.74) is 0. The van der Waals surface area contributed by atoms with E-state index in [2.05, 4.69) is 5.32 Å². The Morgan fingerprint density at radius 3 is 2.80 bits per heavy atom. The highest BCUT2D eigenvalue weighted by atomic mass is 16.5. The monoisotopic (exact) mass is 210 g/mol. The lowest BCUT2D eigenvalue weighted by molar-refractivity contribution is -0.125. The smallest absolute Gasteiger partial charge is 0.246 e. The Bertz CT molecular complexity index is 270.